The Bertz CT molecular complexity index is 1020. The third kappa shape index (κ3) is 3.83. The Morgan fingerprint density at radius 1 is 1.29 bits per heavy atom. The first-order valence-electron chi connectivity index (χ1n) is 10.5. The van der Waals surface area contributed by atoms with Gasteiger partial charge in [0, 0.05) is 30.1 Å². The topological polar surface area (TPSA) is 85.2 Å². The highest BCUT2D eigenvalue weighted by Crippen LogP contribution is 2.30. The van der Waals surface area contributed by atoms with E-state index in [1.165, 1.54) is 0 Å². The van der Waals surface area contributed by atoms with E-state index in [1.54, 1.807) is 44.5 Å². The third-order valence-corrected chi connectivity index (χ3v) is 6.17. The number of aryl methyl sites for hydroxylation is 1. The molecule has 0 bridgehead atoms. The van der Waals surface area contributed by atoms with Crippen molar-refractivity contribution in [3.63, 3.8) is 0 Å². The van der Waals surface area contributed by atoms with E-state index in [4.69, 9.17) is 9.47 Å². The number of hydrogen-bond acceptors (Lipinski definition) is 5. The Labute approximate surface area is 181 Å². The zero-order valence-electron chi connectivity index (χ0n) is 18.3. The molecule has 1 N–H and O–H groups in total. The maximum absolute atomic E-state index is 13.1. The largest absolute Gasteiger partial charge is 0.497 e. The van der Waals surface area contributed by atoms with E-state index in [0.717, 1.165) is 48.0 Å². The quantitative estimate of drug-likeness (QED) is 0.570. The highest BCUT2D eigenvalue weighted by Gasteiger charge is 2.49. The molecule has 8 heteroatoms. The maximum atomic E-state index is 13.1. The fourth-order valence-electron chi connectivity index (χ4n) is 4.20. The van der Waals surface area contributed by atoms with E-state index in [1.807, 2.05) is 19.9 Å². The number of imide groups is 1. The number of nitrogens with zero attached hydrogens (tertiary/aromatic N) is 3. The van der Waals surface area contributed by atoms with Crippen LogP contribution < -0.4 is 10.1 Å². The van der Waals surface area contributed by atoms with Crippen LogP contribution in [0.2, 0.25) is 0 Å². The molecule has 2 atom stereocenters. The molecule has 164 valence electrons. The zero-order valence-corrected chi connectivity index (χ0v) is 18.3. The molecular formula is C23H28N4O4. The van der Waals surface area contributed by atoms with Crippen LogP contribution in [0.4, 0.5) is 4.79 Å². The van der Waals surface area contributed by atoms with Crippen molar-refractivity contribution in [2.45, 2.75) is 51.8 Å². The van der Waals surface area contributed by atoms with Gasteiger partial charge in [-0.15, -0.1) is 5.01 Å². The molecule has 1 aromatic carbocycles. The summed E-state index contributed by atoms with van der Waals surface area (Å²) in [6, 6.07) is 8.51. The van der Waals surface area contributed by atoms with Crippen LogP contribution in [0.25, 0.3) is 0 Å². The first-order chi connectivity index (χ1) is 14.8. The summed E-state index contributed by atoms with van der Waals surface area (Å²) in [6.07, 6.45) is 3.96. The minimum Gasteiger partial charge on any atom is -0.497 e. The van der Waals surface area contributed by atoms with Crippen molar-refractivity contribution >= 4 is 18.2 Å². The number of hydrazone groups is 1. The Morgan fingerprint density at radius 3 is 2.68 bits per heavy atom. The summed E-state index contributed by atoms with van der Waals surface area (Å²) in [5, 5.41) is 7.89. The van der Waals surface area contributed by atoms with E-state index in [2.05, 4.69) is 15.0 Å². The first-order valence-corrected chi connectivity index (χ1v) is 10.5. The van der Waals surface area contributed by atoms with Crippen molar-refractivity contribution in [2.24, 2.45) is 5.10 Å². The molecule has 2 saturated heterocycles. The van der Waals surface area contributed by atoms with Gasteiger partial charge in [0.1, 0.15) is 11.3 Å². The van der Waals surface area contributed by atoms with Gasteiger partial charge in [0.15, 0.2) is 0 Å². The van der Waals surface area contributed by atoms with E-state index in [0.29, 0.717) is 11.3 Å². The molecule has 8 nitrogen and oxygen atoms in total. The number of aromatic nitrogens is 1. The molecule has 1 aromatic heterocycles. The van der Waals surface area contributed by atoms with Crippen LogP contribution in [-0.4, -0.2) is 47.5 Å². The molecule has 2 aliphatic rings. The number of benzene rings is 1. The number of nitrogens with one attached hydrogen (secondary N) is 1. The third-order valence-electron chi connectivity index (χ3n) is 6.17. The van der Waals surface area contributed by atoms with Crippen molar-refractivity contribution in [1.82, 2.24) is 14.9 Å². The molecule has 2 aromatic rings. The number of urea groups is 1. The van der Waals surface area contributed by atoms with Gasteiger partial charge < -0.3 is 19.4 Å². The van der Waals surface area contributed by atoms with Crippen molar-refractivity contribution < 1.29 is 19.1 Å². The van der Waals surface area contributed by atoms with Crippen LogP contribution in [0, 0.1) is 13.8 Å². The smallest absolute Gasteiger partial charge is 0.346 e. The molecule has 31 heavy (non-hydrogen) atoms. The molecule has 4 rings (SSSR count). The van der Waals surface area contributed by atoms with Gasteiger partial charge in [-0.1, -0.05) is 12.1 Å². The molecule has 2 aliphatic heterocycles. The molecule has 3 amide bonds. The van der Waals surface area contributed by atoms with Crippen LogP contribution in [0.1, 0.15) is 42.3 Å². The van der Waals surface area contributed by atoms with E-state index >= 15 is 0 Å². The fraction of sp³-hybridized carbons (Fsp3) is 0.435. The van der Waals surface area contributed by atoms with Crippen LogP contribution in [0.5, 0.6) is 5.75 Å². The number of rotatable bonds is 6. The highest BCUT2D eigenvalue weighted by atomic mass is 16.5. The zero-order chi connectivity index (χ0) is 22.2. The predicted molar refractivity (Wildman–Crippen MR) is 116 cm³/mol. The monoisotopic (exact) mass is 424 g/mol. The van der Waals surface area contributed by atoms with Gasteiger partial charge in [0.05, 0.1) is 19.4 Å². The summed E-state index contributed by atoms with van der Waals surface area (Å²) >= 11 is 0. The fourth-order valence-corrected chi connectivity index (χ4v) is 4.20. The van der Waals surface area contributed by atoms with Crippen molar-refractivity contribution in [2.75, 3.05) is 13.7 Å². The normalized spacial score (nSPS) is 23.7. The lowest BCUT2D eigenvalue weighted by Crippen LogP contribution is -2.40. The average Bonchev–Trinajstić information content (AvgIpc) is 3.43. The molecular weight excluding hydrogens is 396 g/mol. The van der Waals surface area contributed by atoms with Crippen molar-refractivity contribution in [3.05, 3.63) is 52.8 Å². The first kappa shape index (κ1) is 21.1. The van der Waals surface area contributed by atoms with Gasteiger partial charge >= 0.3 is 6.03 Å². The van der Waals surface area contributed by atoms with Gasteiger partial charge in [-0.3, -0.25) is 4.79 Å². The lowest BCUT2D eigenvalue weighted by atomic mass is 9.92. The van der Waals surface area contributed by atoms with Gasteiger partial charge in [-0.2, -0.15) is 5.10 Å². The second-order valence-electron chi connectivity index (χ2n) is 8.22. The second-order valence-corrected chi connectivity index (χ2v) is 8.22. The summed E-state index contributed by atoms with van der Waals surface area (Å²) < 4.78 is 13.1. The Kier molecular flexibility index (Phi) is 5.58. The Hall–Kier alpha value is -3.13. The number of carbonyl (C=O) groups excluding carboxylic acids is 2. The molecule has 0 spiro atoms. The minimum atomic E-state index is -1.18. The Morgan fingerprint density at radius 2 is 2.03 bits per heavy atom. The average molecular weight is 425 g/mol. The Balaban J connectivity index is 1.54. The van der Waals surface area contributed by atoms with Crippen LogP contribution in [-0.2, 0) is 21.6 Å². The number of methoxy groups -OCH3 is 1. The summed E-state index contributed by atoms with van der Waals surface area (Å²) in [6.45, 7) is 7.34. The van der Waals surface area contributed by atoms with Gasteiger partial charge in [-0.25, -0.2) is 4.79 Å². The lowest BCUT2D eigenvalue weighted by molar-refractivity contribution is -0.131. The maximum Gasteiger partial charge on any atom is 0.346 e. The lowest BCUT2D eigenvalue weighted by Gasteiger charge is -2.21. The molecule has 0 aliphatic carbocycles. The van der Waals surface area contributed by atoms with Crippen LogP contribution >= 0.6 is 0 Å². The molecule has 0 unspecified atom stereocenters. The van der Waals surface area contributed by atoms with E-state index < -0.39 is 17.5 Å². The molecule has 0 radical (unpaired) electrons. The van der Waals surface area contributed by atoms with Crippen LogP contribution in [0.3, 0.4) is 0 Å². The minimum absolute atomic E-state index is 0.228. The van der Waals surface area contributed by atoms with Crippen molar-refractivity contribution in [3.8, 4) is 5.75 Å². The number of amides is 3. The van der Waals surface area contributed by atoms with Gasteiger partial charge in [0.25, 0.3) is 5.91 Å². The van der Waals surface area contributed by atoms with Crippen LogP contribution in [0.15, 0.2) is 35.4 Å². The SMILES string of the molecule is COc1ccc([C@]2(C)NC(=O)N(/N=C\c3cc(C)n(C[C@@H]4CCCO4)c3C)C2=O)cc1. The molecule has 3 heterocycles. The predicted octanol–water partition coefficient (Wildman–Crippen LogP) is 3.09. The molecule has 2 fully saturated rings. The summed E-state index contributed by atoms with van der Waals surface area (Å²) in [4.78, 5) is 25.6. The van der Waals surface area contributed by atoms with Crippen molar-refractivity contribution in [1.29, 1.82) is 0 Å². The molecule has 0 saturated carbocycles. The van der Waals surface area contributed by atoms with E-state index in [-0.39, 0.29) is 6.10 Å². The number of ether oxygens (including phenoxy) is 2. The number of carbonyl (C=O) groups is 2. The number of hydrogen-bond donors (Lipinski definition) is 1. The van der Waals surface area contributed by atoms with Gasteiger partial charge in [-0.05, 0) is 57.4 Å². The summed E-state index contributed by atoms with van der Waals surface area (Å²) in [5.74, 6) is 0.254. The summed E-state index contributed by atoms with van der Waals surface area (Å²) in [7, 11) is 1.58. The standard InChI is InChI=1S/C23H28N4O4/c1-15-12-17(16(2)26(15)14-20-6-5-11-31-20)13-24-27-21(28)23(3,25-22(27)29)18-7-9-19(30-4)10-8-18/h7-10,12-13,20H,5-6,11,14H2,1-4H3,(H,25,29)/b24-13-/t20-,23-/m0/s1. The highest BCUT2D eigenvalue weighted by molar-refractivity contribution is 6.07. The van der Waals surface area contributed by atoms with Gasteiger partial charge in [0.2, 0.25) is 0 Å². The summed E-state index contributed by atoms with van der Waals surface area (Å²) in [5.41, 5.74) is 2.47. The second kappa shape index (κ2) is 8.19. The van der Waals surface area contributed by atoms with E-state index in [9.17, 15) is 9.59 Å².